The molecule has 35 heavy (non-hydrogen) atoms. The van der Waals surface area contributed by atoms with Crippen LogP contribution in [0, 0.1) is 16.0 Å². The number of nitro groups is 1. The molecule has 2 aromatic rings. The van der Waals surface area contributed by atoms with Crippen LogP contribution in [0.2, 0.25) is 0 Å². The zero-order chi connectivity index (χ0) is 25.2. The molecule has 2 amide bonds. The van der Waals surface area contributed by atoms with Gasteiger partial charge in [0.05, 0.1) is 36.5 Å². The summed E-state index contributed by atoms with van der Waals surface area (Å²) in [6, 6.07) is 12.2. The van der Waals surface area contributed by atoms with Crippen LogP contribution in [0.15, 0.2) is 42.5 Å². The van der Waals surface area contributed by atoms with Crippen LogP contribution in [-0.2, 0) is 16.0 Å². The number of carbonyl (C=O) groups is 2. The summed E-state index contributed by atoms with van der Waals surface area (Å²) < 4.78 is 11.4. The van der Waals surface area contributed by atoms with Gasteiger partial charge in [-0.05, 0) is 31.2 Å². The van der Waals surface area contributed by atoms with Crippen molar-refractivity contribution in [2.75, 3.05) is 31.6 Å². The van der Waals surface area contributed by atoms with Crippen LogP contribution in [-0.4, -0.2) is 47.9 Å². The highest BCUT2D eigenvalue weighted by Crippen LogP contribution is 2.38. The summed E-state index contributed by atoms with van der Waals surface area (Å²) in [6.45, 7) is 5.56. The van der Waals surface area contributed by atoms with Gasteiger partial charge in [-0.2, -0.15) is 0 Å². The number of nitrogens with zero attached hydrogens (tertiary/aromatic N) is 2. The monoisotopic (exact) mass is 483 g/mol. The van der Waals surface area contributed by atoms with Crippen LogP contribution >= 0.6 is 0 Å². The summed E-state index contributed by atoms with van der Waals surface area (Å²) in [7, 11) is 0. The fraction of sp³-hybridized carbons (Fsp3) is 0.462. The molecule has 3 rings (SSSR count). The summed E-state index contributed by atoms with van der Waals surface area (Å²) in [6.07, 6.45) is 3.06. The SMILES string of the molecule is CCCOc1cc(NC(=O)C2CCCN(C(=O)Cc3ccccc3)C2)c([N+](=O)[O-])cc1OCCC. The number of hydrogen-bond acceptors (Lipinski definition) is 6. The first-order valence-electron chi connectivity index (χ1n) is 12.1. The molecule has 0 aliphatic carbocycles. The summed E-state index contributed by atoms with van der Waals surface area (Å²) in [5, 5.41) is 14.5. The van der Waals surface area contributed by atoms with Gasteiger partial charge in [0.2, 0.25) is 11.8 Å². The third kappa shape index (κ3) is 7.18. The Morgan fingerprint density at radius 3 is 2.37 bits per heavy atom. The second kappa shape index (κ2) is 12.7. The van der Waals surface area contributed by atoms with Crippen molar-refractivity contribution in [3.63, 3.8) is 0 Å². The Morgan fingerprint density at radius 1 is 1.09 bits per heavy atom. The molecule has 1 fully saturated rings. The summed E-state index contributed by atoms with van der Waals surface area (Å²) >= 11 is 0. The van der Waals surface area contributed by atoms with Crippen LogP contribution in [0.5, 0.6) is 11.5 Å². The second-order valence-corrected chi connectivity index (χ2v) is 8.60. The number of hydrogen-bond donors (Lipinski definition) is 1. The number of anilines is 1. The van der Waals surface area contributed by atoms with E-state index in [1.165, 1.54) is 12.1 Å². The summed E-state index contributed by atoms with van der Waals surface area (Å²) in [5.74, 6) is -0.217. The normalized spacial score (nSPS) is 15.4. The lowest BCUT2D eigenvalue weighted by atomic mass is 9.96. The number of likely N-dealkylation sites (tertiary alicyclic amines) is 1. The van der Waals surface area contributed by atoms with E-state index >= 15 is 0 Å². The van der Waals surface area contributed by atoms with Gasteiger partial charge >= 0.3 is 0 Å². The molecule has 0 spiro atoms. The molecule has 0 aromatic heterocycles. The third-order valence-corrected chi connectivity index (χ3v) is 5.78. The van der Waals surface area contributed by atoms with Gasteiger partial charge in [0, 0.05) is 19.2 Å². The van der Waals surface area contributed by atoms with E-state index in [0.29, 0.717) is 38.3 Å². The van der Waals surface area contributed by atoms with Crippen molar-refractivity contribution >= 4 is 23.2 Å². The number of nitro benzene ring substituents is 1. The van der Waals surface area contributed by atoms with Crippen molar-refractivity contribution in [2.45, 2.75) is 46.0 Å². The Labute approximate surface area is 205 Å². The Hall–Kier alpha value is -3.62. The minimum Gasteiger partial charge on any atom is -0.490 e. The van der Waals surface area contributed by atoms with Gasteiger partial charge in [0.1, 0.15) is 5.69 Å². The van der Waals surface area contributed by atoms with Gasteiger partial charge in [-0.25, -0.2) is 0 Å². The molecule has 1 heterocycles. The third-order valence-electron chi connectivity index (χ3n) is 5.78. The first-order valence-corrected chi connectivity index (χ1v) is 12.1. The van der Waals surface area contributed by atoms with Gasteiger partial charge in [-0.15, -0.1) is 0 Å². The van der Waals surface area contributed by atoms with Gasteiger partial charge in [-0.3, -0.25) is 19.7 Å². The first-order chi connectivity index (χ1) is 16.9. The molecule has 0 radical (unpaired) electrons. The Morgan fingerprint density at radius 2 is 1.74 bits per heavy atom. The molecule has 1 aliphatic rings. The van der Waals surface area contributed by atoms with Crippen molar-refractivity contribution in [2.24, 2.45) is 5.92 Å². The van der Waals surface area contributed by atoms with E-state index in [4.69, 9.17) is 9.47 Å². The Balaban J connectivity index is 1.74. The molecular formula is C26H33N3O6. The minimum absolute atomic E-state index is 0.0349. The summed E-state index contributed by atoms with van der Waals surface area (Å²) in [5.41, 5.74) is 0.716. The van der Waals surface area contributed by atoms with Crippen LogP contribution in [0.3, 0.4) is 0 Å². The van der Waals surface area contributed by atoms with Crippen molar-refractivity contribution < 1.29 is 24.0 Å². The second-order valence-electron chi connectivity index (χ2n) is 8.60. The van der Waals surface area contributed by atoms with E-state index in [0.717, 1.165) is 18.4 Å². The Kier molecular flexibility index (Phi) is 9.46. The molecule has 1 saturated heterocycles. The van der Waals surface area contributed by atoms with E-state index in [1.54, 1.807) is 4.90 Å². The number of nitrogens with one attached hydrogen (secondary N) is 1. The highest BCUT2D eigenvalue weighted by atomic mass is 16.6. The average molecular weight is 484 g/mol. The highest BCUT2D eigenvalue weighted by Gasteiger charge is 2.30. The molecule has 1 aliphatic heterocycles. The molecule has 1 unspecified atom stereocenters. The number of piperidine rings is 1. The minimum atomic E-state index is -0.547. The molecule has 0 saturated carbocycles. The van der Waals surface area contributed by atoms with E-state index in [1.807, 2.05) is 44.2 Å². The molecule has 1 atom stereocenters. The van der Waals surface area contributed by atoms with Crippen molar-refractivity contribution in [3.05, 3.63) is 58.1 Å². The predicted octanol–water partition coefficient (Wildman–Crippen LogP) is 4.59. The smallest absolute Gasteiger partial charge is 0.296 e. The molecule has 2 aromatic carbocycles. The van der Waals surface area contributed by atoms with Crippen LogP contribution in [0.25, 0.3) is 0 Å². The number of rotatable bonds is 11. The van der Waals surface area contributed by atoms with E-state index < -0.39 is 10.8 Å². The maximum atomic E-state index is 13.1. The van der Waals surface area contributed by atoms with Crippen molar-refractivity contribution in [1.29, 1.82) is 0 Å². The molecule has 0 bridgehead atoms. The number of carbonyl (C=O) groups excluding carboxylic acids is 2. The quantitative estimate of drug-likeness (QED) is 0.370. The van der Waals surface area contributed by atoms with Crippen molar-refractivity contribution in [3.8, 4) is 11.5 Å². The zero-order valence-corrected chi connectivity index (χ0v) is 20.3. The van der Waals surface area contributed by atoms with E-state index in [2.05, 4.69) is 5.32 Å². The van der Waals surface area contributed by atoms with Crippen LogP contribution < -0.4 is 14.8 Å². The first kappa shape index (κ1) is 26.0. The number of benzene rings is 2. The van der Waals surface area contributed by atoms with Gasteiger partial charge in [0.15, 0.2) is 11.5 Å². The topological polar surface area (TPSA) is 111 Å². The maximum Gasteiger partial charge on any atom is 0.296 e. The summed E-state index contributed by atoms with van der Waals surface area (Å²) in [4.78, 5) is 38.8. The largest absolute Gasteiger partial charge is 0.490 e. The fourth-order valence-electron chi connectivity index (χ4n) is 3.98. The van der Waals surface area contributed by atoms with Gasteiger partial charge < -0.3 is 19.7 Å². The zero-order valence-electron chi connectivity index (χ0n) is 20.3. The molecule has 1 N–H and O–H groups in total. The Bertz CT molecular complexity index is 1030. The molecule has 9 heteroatoms. The van der Waals surface area contributed by atoms with Gasteiger partial charge in [-0.1, -0.05) is 44.2 Å². The van der Waals surface area contributed by atoms with E-state index in [-0.39, 0.29) is 41.9 Å². The lowest BCUT2D eigenvalue weighted by Gasteiger charge is -2.32. The predicted molar refractivity (Wildman–Crippen MR) is 133 cm³/mol. The number of ether oxygens (including phenoxy) is 2. The molecular weight excluding hydrogens is 450 g/mol. The standard InChI is InChI=1S/C26H33N3O6/c1-3-13-34-23-16-21(22(29(32)33)17-24(23)35-14-4-2)27-26(31)20-11-8-12-28(18-20)25(30)15-19-9-6-5-7-10-19/h5-7,9-10,16-17,20H,3-4,8,11-15,18H2,1-2H3,(H,27,31). The lowest BCUT2D eigenvalue weighted by molar-refractivity contribution is -0.384. The molecule has 9 nitrogen and oxygen atoms in total. The maximum absolute atomic E-state index is 13.1. The van der Waals surface area contributed by atoms with Crippen molar-refractivity contribution in [1.82, 2.24) is 4.90 Å². The lowest BCUT2D eigenvalue weighted by Crippen LogP contribution is -2.44. The van der Waals surface area contributed by atoms with E-state index in [9.17, 15) is 19.7 Å². The van der Waals surface area contributed by atoms with Gasteiger partial charge in [0.25, 0.3) is 5.69 Å². The number of amides is 2. The highest BCUT2D eigenvalue weighted by molar-refractivity contribution is 5.96. The van der Waals surface area contributed by atoms with Crippen LogP contribution in [0.1, 0.15) is 45.1 Å². The molecule has 188 valence electrons. The van der Waals surface area contributed by atoms with Crippen LogP contribution in [0.4, 0.5) is 11.4 Å². The average Bonchev–Trinajstić information content (AvgIpc) is 2.87. The fourth-order valence-corrected chi connectivity index (χ4v) is 3.98.